The van der Waals surface area contributed by atoms with E-state index in [2.05, 4.69) is 40.0 Å². The summed E-state index contributed by atoms with van der Waals surface area (Å²) in [5.74, 6) is 0.579. The number of para-hydroxylation sites is 2. The third-order valence-corrected chi connectivity index (χ3v) is 16.5. The smallest absolute Gasteiger partial charge is 0.410 e. The summed E-state index contributed by atoms with van der Waals surface area (Å²) in [5.41, 5.74) is 7.02. The van der Waals surface area contributed by atoms with Crippen LogP contribution in [0.25, 0.3) is 44.8 Å². The Labute approximate surface area is 476 Å². The molecule has 20 nitrogen and oxygen atoms in total. The van der Waals surface area contributed by atoms with Gasteiger partial charge in [0.25, 0.3) is 20.0 Å². The van der Waals surface area contributed by atoms with Crippen LogP contribution in [0.1, 0.15) is 77.3 Å². The van der Waals surface area contributed by atoms with Crippen molar-refractivity contribution in [3.05, 3.63) is 145 Å². The summed E-state index contributed by atoms with van der Waals surface area (Å²) in [5, 5.41) is 5.79. The molecule has 0 unspecified atom stereocenters. The molecule has 428 valence electrons. The van der Waals surface area contributed by atoms with Crippen molar-refractivity contribution in [1.82, 2.24) is 29.7 Å². The molecule has 82 heavy (non-hydrogen) atoms. The van der Waals surface area contributed by atoms with Crippen LogP contribution in [0, 0.1) is 13.8 Å². The lowest BCUT2D eigenvalue weighted by Crippen LogP contribution is -2.45. The van der Waals surface area contributed by atoms with Crippen LogP contribution in [0.15, 0.2) is 143 Å². The topological polar surface area (TPSA) is 267 Å². The lowest BCUT2D eigenvalue weighted by Gasteiger charge is -2.28. The summed E-state index contributed by atoms with van der Waals surface area (Å²) in [4.78, 5) is 70.1. The largest absolute Gasteiger partial charge is 0.449 e. The number of benzene rings is 6. The molecule has 2 aliphatic rings. The Morgan fingerprint density at radius 1 is 0.585 bits per heavy atom. The van der Waals surface area contributed by atoms with E-state index in [4.69, 9.17) is 9.47 Å². The first kappa shape index (κ1) is 57.9. The number of carbonyl (C=O) groups is 4. The van der Waals surface area contributed by atoms with E-state index in [1.807, 2.05) is 57.2 Å². The van der Waals surface area contributed by atoms with Crippen LogP contribution < -0.4 is 20.1 Å². The zero-order chi connectivity index (χ0) is 58.3. The van der Waals surface area contributed by atoms with Gasteiger partial charge in [-0.05, 0) is 164 Å². The summed E-state index contributed by atoms with van der Waals surface area (Å²) in [6.07, 6.45) is 3.40. The highest BCUT2D eigenvalue weighted by atomic mass is 32.2. The van der Waals surface area contributed by atoms with E-state index in [9.17, 15) is 36.0 Å². The lowest BCUT2D eigenvalue weighted by molar-refractivity contribution is -0.120. The van der Waals surface area contributed by atoms with Gasteiger partial charge in [0.2, 0.25) is 11.8 Å². The van der Waals surface area contributed by atoms with Crippen LogP contribution >= 0.6 is 0 Å². The van der Waals surface area contributed by atoms with Crippen molar-refractivity contribution in [2.45, 2.75) is 108 Å². The van der Waals surface area contributed by atoms with Gasteiger partial charge in [-0.1, -0.05) is 60.9 Å². The van der Waals surface area contributed by atoms with Crippen LogP contribution in [0.4, 0.5) is 32.3 Å². The molecule has 2 aliphatic heterocycles. The normalized spacial score (nSPS) is 15.4. The van der Waals surface area contributed by atoms with Crippen molar-refractivity contribution >= 4 is 88.9 Å². The number of likely N-dealkylation sites (tertiary alicyclic amines) is 2. The van der Waals surface area contributed by atoms with Crippen molar-refractivity contribution in [2.75, 3.05) is 39.8 Å². The number of rotatable bonds is 15. The molecule has 2 fully saturated rings. The van der Waals surface area contributed by atoms with E-state index >= 15 is 0 Å². The number of sulfonamides is 2. The van der Waals surface area contributed by atoms with Gasteiger partial charge in [0.1, 0.15) is 40.4 Å². The number of nitrogens with one attached hydrogen (secondary N) is 6. The van der Waals surface area contributed by atoms with Gasteiger partial charge in [-0.2, -0.15) is 0 Å². The second-order valence-electron chi connectivity index (χ2n) is 21.2. The number of nitrogens with zero attached hydrogens (tertiary/aromatic N) is 4. The number of aromatic amines is 2. The second-order valence-corrected chi connectivity index (χ2v) is 24.6. The maximum atomic E-state index is 13.0. The van der Waals surface area contributed by atoms with Crippen molar-refractivity contribution < 1.29 is 45.5 Å². The van der Waals surface area contributed by atoms with E-state index in [-0.39, 0.29) is 21.6 Å². The predicted octanol–water partition coefficient (Wildman–Crippen LogP) is 11.4. The summed E-state index contributed by atoms with van der Waals surface area (Å²) in [6, 6.07) is 36.9. The van der Waals surface area contributed by atoms with E-state index in [1.165, 1.54) is 9.80 Å². The van der Waals surface area contributed by atoms with Crippen molar-refractivity contribution in [3.8, 4) is 22.8 Å². The molecule has 0 spiro atoms. The Hall–Kier alpha value is -8.76. The number of aryl methyl sites for hydroxylation is 2. The number of ether oxygens (including phenoxy) is 2. The molecular formula is C60H66N10O10S2. The monoisotopic (exact) mass is 1150 g/mol. The molecule has 4 heterocycles. The van der Waals surface area contributed by atoms with E-state index < -0.39 is 49.9 Å². The van der Waals surface area contributed by atoms with E-state index in [0.29, 0.717) is 89.0 Å². The minimum Gasteiger partial charge on any atom is -0.449 e. The third-order valence-electron chi connectivity index (χ3n) is 13.7. The Morgan fingerprint density at radius 3 is 1.40 bits per heavy atom. The molecule has 8 aromatic rings. The number of carbonyl (C=O) groups excluding carboxylic acids is 4. The van der Waals surface area contributed by atoms with Gasteiger partial charge < -0.3 is 30.1 Å². The maximum absolute atomic E-state index is 13.0. The number of fused-ring (bicyclic) bond motifs is 2. The van der Waals surface area contributed by atoms with Crippen molar-refractivity contribution in [2.24, 2.45) is 0 Å². The fourth-order valence-electron chi connectivity index (χ4n) is 9.44. The zero-order valence-electron chi connectivity index (χ0n) is 46.4. The van der Waals surface area contributed by atoms with Crippen LogP contribution in [-0.2, 0) is 39.1 Å². The highest BCUT2D eigenvalue weighted by Crippen LogP contribution is 2.32. The number of hydrogen-bond acceptors (Lipinski definition) is 12. The summed E-state index contributed by atoms with van der Waals surface area (Å²) < 4.78 is 67.9. The molecule has 22 heteroatoms. The maximum Gasteiger partial charge on any atom is 0.410 e. The Morgan fingerprint density at radius 2 is 1.00 bits per heavy atom. The van der Waals surface area contributed by atoms with Gasteiger partial charge in [-0.15, -0.1) is 0 Å². The third kappa shape index (κ3) is 13.9. The van der Waals surface area contributed by atoms with Gasteiger partial charge in [0.05, 0.1) is 38.8 Å². The number of anilines is 4. The molecule has 0 aliphatic carbocycles. The van der Waals surface area contributed by atoms with Gasteiger partial charge in [-0.25, -0.2) is 36.4 Å². The van der Waals surface area contributed by atoms with Gasteiger partial charge in [0, 0.05) is 35.6 Å². The number of hydrogen-bond donors (Lipinski definition) is 6. The number of imidazole rings is 2. The molecule has 2 atom stereocenters. The Kier molecular flexibility index (Phi) is 17.3. The molecule has 2 saturated heterocycles. The summed E-state index contributed by atoms with van der Waals surface area (Å²) in [7, 11) is -7.59. The molecule has 0 bridgehead atoms. The average Bonchev–Trinajstić information content (AvgIpc) is 4.31. The van der Waals surface area contributed by atoms with Gasteiger partial charge >= 0.3 is 12.2 Å². The lowest BCUT2D eigenvalue weighted by atomic mass is 10.1. The highest BCUT2D eigenvalue weighted by Gasteiger charge is 2.37. The average molecular weight is 1150 g/mol. The molecule has 2 aromatic heterocycles. The highest BCUT2D eigenvalue weighted by molar-refractivity contribution is 7.93. The van der Waals surface area contributed by atoms with Gasteiger partial charge in [-0.3, -0.25) is 28.8 Å². The fourth-order valence-corrected chi connectivity index (χ4v) is 11.6. The van der Waals surface area contributed by atoms with Crippen LogP contribution in [0.5, 0.6) is 0 Å². The van der Waals surface area contributed by atoms with Crippen LogP contribution in [0.2, 0.25) is 0 Å². The van der Waals surface area contributed by atoms with E-state index in [1.54, 1.807) is 118 Å². The first-order valence-corrected chi connectivity index (χ1v) is 30.0. The Balaban J connectivity index is 0.000000198. The zero-order valence-corrected chi connectivity index (χ0v) is 48.0. The fraction of sp³-hybridized carbons (Fsp3) is 0.300. The first-order valence-electron chi connectivity index (χ1n) is 27.1. The number of amides is 4. The van der Waals surface area contributed by atoms with E-state index in [0.717, 1.165) is 47.9 Å². The predicted molar refractivity (Wildman–Crippen MR) is 316 cm³/mol. The number of unbranched alkanes of at least 4 members (excludes halogenated alkanes) is 1. The van der Waals surface area contributed by atoms with Crippen LogP contribution in [0.3, 0.4) is 0 Å². The first-order chi connectivity index (χ1) is 39.1. The molecule has 0 saturated carbocycles. The molecular weight excluding hydrogens is 1080 g/mol. The minimum absolute atomic E-state index is 0.167. The summed E-state index contributed by atoms with van der Waals surface area (Å²) >= 11 is 0. The number of aromatic nitrogens is 4. The van der Waals surface area contributed by atoms with Crippen molar-refractivity contribution in [1.29, 1.82) is 0 Å². The Bertz CT molecular complexity index is 3840. The molecule has 0 radical (unpaired) electrons. The quantitative estimate of drug-likeness (QED) is 0.0523. The second kappa shape index (κ2) is 24.5. The molecule has 10 rings (SSSR count). The standard InChI is InChI=1S/2C30H33N5O5S/c1-19-10-16-22(17-11-19)41(38,39)34-24-8-5-7-23-26(24)33-27(32-23)20-12-14-21(15-13-20)31-28(36)25-9-6-18-35(25)29(37)40-30(2,3)4;1-3-4-19-40-30(37)35-18-6-9-26(35)29(36)31-22-14-12-21(13-15-22)28-32-24-7-5-8-25(27(24)33-28)34-41(38,39)23-16-10-20(2)11-17-23/h5,7-8,10-17,25,34H,6,9,18H2,1-4H3,(H,31,36)(H,32,33);5,7-8,10-17,26,34H,3-4,6,9,18-19H2,1-2H3,(H,31,36)(H,32,33)/t25-;26-/m00/s1. The summed E-state index contributed by atoms with van der Waals surface area (Å²) in [6.45, 7) is 12.5. The van der Waals surface area contributed by atoms with Crippen LogP contribution in [-0.4, -0.2) is 108 Å². The number of H-pyrrole nitrogens is 2. The molecule has 6 aromatic carbocycles. The minimum atomic E-state index is -3.80. The SMILES string of the molecule is CCCCOC(=O)N1CCC[C@H]1C(=O)Nc1ccc(-c2nc3c(NS(=O)(=O)c4ccc(C)cc4)cccc3[nH]2)cc1.Cc1ccc(S(=O)(=O)Nc2cccc3[nH]c(-c4ccc(NC(=O)[C@@H]5CCCN5C(=O)OC(C)(C)C)cc4)nc23)cc1. The van der Waals surface area contributed by atoms with Gasteiger partial charge in [0.15, 0.2) is 0 Å². The molecule has 4 amide bonds. The van der Waals surface area contributed by atoms with Crippen molar-refractivity contribution in [3.63, 3.8) is 0 Å². The molecule has 6 N–H and O–H groups in total.